The number of hydrogen-bond acceptors (Lipinski definition) is 2. The van der Waals surface area contributed by atoms with E-state index >= 15 is 0 Å². The molecule has 2 saturated carbocycles. The van der Waals surface area contributed by atoms with Gasteiger partial charge in [-0.2, -0.15) is 0 Å². The van der Waals surface area contributed by atoms with Gasteiger partial charge in [-0.25, -0.2) is 0 Å². The Labute approximate surface area is 104 Å². The van der Waals surface area contributed by atoms with Crippen molar-refractivity contribution in [2.75, 3.05) is 0 Å². The zero-order valence-electron chi connectivity index (χ0n) is 11.2. The molecule has 0 radical (unpaired) electrons. The number of Topliss-reactive ketones (excluding diaryl/α,β-unsaturated/α-hetero) is 1. The van der Waals surface area contributed by atoms with Crippen molar-refractivity contribution >= 4 is 5.78 Å². The van der Waals surface area contributed by atoms with Gasteiger partial charge in [0.05, 0.1) is 6.10 Å². The summed E-state index contributed by atoms with van der Waals surface area (Å²) < 4.78 is 0. The molecule has 0 aromatic carbocycles. The maximum Gasteiger partial charge on any atom is 0.138 e. The second kappa shape index (κ2) is 4.24. The summed E-state index contributed by atoms with van der Waals surface area (Å²) >= 11 is 0. The summed E-state index contributed by atoms with van der Waals surface area (Å²) in [6.07, 6.45) is 2.84. The van der Waals surface area contributed by atoms with Crippen LogP contribution in [0.5, 0.6) is 0 Å². The van der Waals surface area contributed by atoms with Crippen LogP contribution in [0.3, 0.4) is 0 Å². The van der Waals surface area contributed by atoms with Crippen molar-refractivity contribution in [1.82, 2.24) is 0 Å². The molecule has 0 aromatic rings. The molecule has 0 spiro atoms. The predicted octanol–water partition coefficient (Wildman–Crippen LogP) is 2.95. The second-order valence-electron chi connectivity index (χ2n) is 6.63. The molecule has 1 N–H and O–H groups in total. The molecule has 2 rings (SSSR count). The highest BCUT2D eigenvalue weighted by Crippen LogP contribution is 2.56. The first-order valence-corrected chi connectivity index (χ1v) is 6.71. The summed E-state index contributed by atoms with van der Waals surface area (Å²) in [5.74, 6) is 0.967. The van der Waals surface area contributed by atoms with E-state index in [9.17, 15) is 9.90 Å². The Bertz CT molecular complexity index is 343. The van der Waals surface area contributed by atoms with Gasteiger partial charge in [0.15, 0.2) is 0 Å². The number of hydrogen-bond donors (Lipinski definition) is 1. The smallest absolute Gasteiger partial charge is 0.138 e. The lowest BCUT2D eigenvalue weighted by Gasteiger charge is -2.52. The fraction of sp³-hybridized carbons (Fsp3) is 0.800. The predicted molar refractivity (Wildman–Crippen MR) is 68.5 cm³/mol. The van der Waals surface area contributed by atoms with Crippen LogP contribution >= 0.6 is 0 Å². The molecule has 96 valence electrons. The Morgan fingerprint density at radius 1 is 1.41 bits per heavy atom. The Morgan fingerprint density at radius 2 is 2.06 bits per heavy atom. The number of allylic oxidation sites excluding steroid dienone is 1. The molecule has 0 saturated heterocycles. The quantitative estimate of drug-likeness (QED) is 0.657. The van der Waals surface area contributed by atoms with Crippen LogP contribution in [0.2, 0.25) is 0 Å². The van der Waals surface area contributed by atoms with Gasteiger partial charge < -0.3 is 5.11 Å². The van der Waals surface area contributed by atoms with Crippen molar-refractivity contribution in [2.45, 2.75) is 52.6 Å². The number of fused-ring (bicyclic) bond motifs is 1. The maximum absolute atomic E-state index is 12.1. The molecule has 4 atom stereocenters. The number of aliphatic hydroxyl groups excluding tert-OH is 1. The van der Waals surface area contributed by atoms with Gasteiger partial charge >= 0.3 is 0 Å². The lowest BCUT2D eigenvalue weighted by molar-refractivity contribution is -0.130. The number of carbonyl (C=O) groups is 1. The summed E-state index contributed by atoms with van der Waals surface area (Å²) in [7, 11) is 0. The van der Waals surface area contributed by atoms with Crippen LogP contribution in [-0.2, 0) is 4.79 Å². The summed E-state index contributed by atoms with van der Waals surface area (Å²) in [6, 6.07) is 0. The summed E-state index contributed by atoms with van der Waals surface area (Å²) in [6.45, 7) is 10.5. The van der Waals surface area contributed by atoms with Crippen molar-refractivity contribution in [1.29, 1.82) is 0 Å². The third-order valence-corrected chi connectivity index (χ3v) is 5.03. The van der Waals surface area contributed by atoms with Gasteiger partial charge in [-0.15, -0.1) is 0 Å². The average Bonchev–Trinajstić information content (AvgIpc) is 2.30. The van der Waals surface area contributed by atoms with Gasteiger partial charge in [0.1, 0.15) is 5.78 Å². The van der Waals surface area contributed by atoms with E-state index in [0.717, 1.165) is 12.8 Å². The standard InChI is InChI=1S/C15H24O2/c1-9-5-6-13(16)10(2)14(17)7-12-11(9)8-15(12,3)4/h10-13,16H,1,5-8H2,2-4H3. The molecule has 0 aliphatic heterocycles. The van der Waals surface area contributed by atoms with E-state index in [-0.39, 0.29) is 17.1 Å². The van der Waals surface area contributed by atoms with Gasteiger partial charge in [-0.3, -0.25) is 4.79 Å². The van der Waals surface area contributed by atoms with Gasteiger partial charge in [0.2, 0.25) is 0 Å². The highest BCUT2D eigenvalue weighted by molar-refractivity contribution is 5.81. The highest BCUT2D eigenvalue weighted by atomic mass is 16.3. The molecule has 0 bridgehead atoms. The fourth-order valence-corrected chi connectivity index (χ4v) is 3.48. The first kappa shape index (κ1) is 12.8. The maximum atomic E-state index is 12.1. The average molecular weight is 236 g/mol. The first-order valence-electron chi connectivity index (χ1n) is 6.71. The minimum Gasteiger partial charge on any atom is -0.392 e. The molecule has 0 heterocycles. The molecule has 0 amide bonds. The monoisotopic (exact) mass is 236 g/mol. The van der Waals surface area contributed by atoms with Crippen LogP contribution in [0.25, 0.3) is 0 Å². The van der Waals surface area contributed by atoms with Crippen LogP contribution in [0.15, 0.2) is 12.2 Å². The lowest BCUT2D eigenvalue weighted by atomic mass is 9.52. The molecule has 4 unspecified atom stereocenters. The Morgan fingerprint density at radius 3 is 2.65 bits per heavy atom. The third-order valence-electron chi connectivity index (χ3n) is 5.03. The molecule has 2 aliphatic carbocycles. The van der Waals surface area contributed by atoms with E-state index in [1.54, 1.807) is 0 Å². The van der Waals surface area contributed by atoms with E-state index in [4.69, 9.17) is 0 Å². The SMILES string of the molecule is C=C1CCC(O)C(C)C(=O)CC2C1CC2(C)C. The molecule has 2 heteroatoms. The van der Waals surface area contributed by atoms with Crippen molar-refractivity contribution in [2.24, 2.45) is 23.2 Å². The van der Waals surface area contributed by atoms with Crippen molar-refractivity contribution < 1.29 is 9.90 Å². The molecule has 0 aromatic heterocycles. The first-order chi connectivity index (χ1) is 7.83. The van der Waals surface area contributed by atoms with Crippen LogP contribution in [0, 0.1) is 23.2 Å². The molecular weight excluding hydrogens is 212 g/mol. The number of carbonyl (C=O) groups excluding carboxylic acids is 1. The van der Waals surface area contributed by atoms with Crippen LogP contribution in [0.4, 0.5) is 0 Å². The number of aliphatic hydroxyl groups is 1. The Kier molecular flexibility index (Phi) is 3.19. The van der Waals surface area contributed by atoms with Crippen LogP contribution < -0.4 is 0 Å². The fourth-order valence-electron chi connectivity index (χ4n) is 3.48. The van der Waals surface area contributed by atoms with Crippen molar-refractivity contribution in [3.63, 3.8) is 0 Å². The van der Waals surface area contributed by atoms with Crippen molar-refractivity contribution in [3.05, 3.63) is 12.2 Å². The molecular formula is C15H24O2. The van der Waals surface area contributed by atoms with Crippen LogP contribution in [0.1, 0.15) is 46.5 Å². The van der Waals surface area contributed by atoms with E-state index < -0.39 is 6.10 Å². The van der Waals surface area contributed by atoms with E-state index in [1.807, 2.05) is 6.92 Å². The summed E-state index contributed by atoms with van der Waals surface area (Å²) in [4.78, 5) is 12.1. The largest absolute Gasteiger partial charge is 0.392 e. The second-order valence-corrected chi connectivity index (χ2v) is 6.63. The summed E-state index contributed by atoms with van der Waals surface area (Å²) in [5, 5.41) is 9.96. The minimum absolute atomic E-state index is 0.210. The van der Waals surface area contributed by atoms with Crippen molar-refractivity contribution in [3.8, 4) is 0 Å². The number of ketones is 1. The molecule has 2 aliphatic rings. The van der Waals surface area contributed by atoms with E-state index in [1.165, 1.54) is 5.57 Å². The third kappa shape index (κ3) is 2.20. The van der Waals surface area contributed by atoms with E-state index in [2.05, 4.69) is 20.4 Å². The lowest BCUT2D eigenvalue weighted by Crippen LogP contribution is -2.46. The van der Waals surface area contributed by atoms with Gasteiger partial charge in [-0.05, 0) is 36.5 Å². The number of rotatable bonds is 0. The highest BCUT2D eigenvalue weighted by Gasteiger charge is 2.49. The van der Waals surface area contributed by atoms with E-state index in [0.29, 0.717) is 24.7 Å². The topological polar surface area (TPSA) is 37.3 Å². The molecule has 2 fully saturated rings. The Balaban J connectivity index is 2.20. The van der Waals surface area contributed by atoms with Gasteiger partial charge in [0, 0.05) is 12.3 Å². The molecule has 2 nitrogen and oxygen atoms in total. The Hall–Kier alpha value is -0.630. The van der Waals surface area contributed by atoms with Crippen LogP contribution in [-0.4, -0.2) is 17.0 Å². The van der Waals surface area contributed by atoms with Gasteiger partial charge in [-0.1, -0.05) is 32.9 Å². The molecule has 17 heavy (non-hydrogen) atoms. The minimum atomic E-state index is -0.486. The zero-order valence-corrected chi connectivity index (χ0v) is 11.2. The van der Waals surface area contributed by atoms with Gasteiger partial charge in [0.25, 0.3) is 0 Å². The normalized spacial score (nSPS) is 41.9. The summed E-state index contributed by atoms with van der Waals surface area (Å²) in [5.41, 5.74) is 1.51. The zero-order chi connectivity index (χ0) is 12.8.